The highest BCUT2D eigenvalue weighted by Crippen LogP contribution is 2.37. The summed E-state index contributed by atoms with van der Waals surface area (Å²) in [6, 6.07) is 17.8. The van der Waals surface area contributed by atoms with E-state index in [1.807, 2.05) is 48.2 Å². The van der Waals surface area contributed by atoms with E-state index in [2.05, 4.69) is 16.3 Å². The second-order valence-corrected chi connectivity index (χ2v) is 10.4. The molecule has 5 rings (SSSR count). The van der Waals surface area contributed by atoms with E-state index in [9.17, 15) is 14.0 Å². The lowest BCUT2D eigenvalue weighted by Gasteiger charge is -2.41. The highest BCUT2D eigenvalue weighted by Gasteiger charge is 2.34. The van der Waals surface area contributed by atoms with E-state index < -0.39 is 0 Å². The molecule has 0 radical (unpaired) electrons. The molecule has 2 atom stereocenters. The number of nitrogens with zero attached hydrogens (tertiary/aromatic N) is 3. The minimum absolute atomic E-state index is 0.0195. The van der Waals surface area contributed by atoms with Crippen LogP contribution in [-0.2, 0) is 16.0 Å². The number of thiophene rings is 1. The summed E-state index contributed by atoms with van der Waals surface area (Å²) in [4.78, 5) is 33.2. The Kier molecular flexibility index (Phi) is 7.34. The fourth-order valence-corrected chi connectivity index (χ4v) is 6.08. The Morgan fingerprint density at radius 3 is 2.64 bits per heavy atom. The summed E-state index contributed by atoms with van der Waals surface area (Å²) in [5.74, 6) is 0.350. The van der Waals surface area contributed by atoms with E-state index in [4.69, 9.17) is 4.74 Å². The van der Waals surface area contributed by atoms with Crippen LogP contribution in [0.5, 0.6) is 5.75 Å². The number of carbonyl (C=O) groups excluding carboxylic acids is 2. The highest BCUT2D eigenvalue weighted by atomic mass is 32.1. The van der Waals surface area contributed by atoms with Crippen molar-refractivity contribution in [3.8, 4) is 5.75 Å². The SMILES string of the molecule is CC1CN(C(=O)CN2CCc3sccc3C2c2cccc(F)c2)CCN1C(=O)COc1ccccc1. The zero-order chi connectivity index (χ0) is 25.1. The Morgan fingerprint density at radius 1 is 1.03 bits per heavy atom. The van der Waals surface area contributed by atoms with Gasteiger partial charge in [-0.25, -0.2) is 4.39 Å². The second-order valence-electron chi connectivity index (χ2n) is 9.35. The number of amides is 2. The van der Waals surface area contributed by atoms with Crippen LogP contribution in [0.1, 0.15) is 29.0 Å². The van der Waals surface area contributed by atoms with E-state index in [-0.39, 0.29) is 42.9 Å². The summed E-state index contributed by atoms with van der Waals surface area (Å²) >= 11 is 1.72. The molecule has 6 nitrogen and oxygen atoms in total. The molecule has 0 N–H and O–H groups in total. The molecule has 2 unspecified atom stereocenters. The first-order chi connectivity index (χ1) is 17.5. The van der Waals surface area contributed by atoms with Crippen molar-refractivity contribution < 1.29 is 18.7 Å². The number of rotatable bonds is 6. The fourth-order valence-electron chi connectivity index (χ4n) is 5.18. The van der Waals surface area contributed by atoms with E-state index >= 15 is 0 Å². The molecule has 2 aliphatic rings. The lowest BCUT2D eigenvalue weighted by molar-refractivity contribution is -0.144. The number of fused-ring (bicyclic) bond motifs is 1. The van der Waals surface area contributed by atoms with Gasteiger partial charge in [-0.1, -0.05) is 30.3 Å². The normalized spacial score (nSPS) is 20.2. The lowest BCUT2D eigenvalue weighted by Crippen LogP contribution is -2.57. The van der Waals surface area contributed by atoms with Gasteiger partial charge in [0.05, 0.1) is 12.6 Å². The predicted molar refractivity (Wildman–Crippen MR) is 138 cm³/mol. The van der Waals surface area contributed by atoms with E-state index in [0.29, 0.717) is 25.4 Å². The molecule has 3 heterocycles. The Bertz CT molecular complexity index is 1220. The monoisotopic (exact) mass is 507 g/mol. The molecule has 2 amide bonds. The first-order valence-electron chi connectivity index (χ1n) is 12.3. The van der Waals surface area contributed by atoms with Crippen molar-refractivity contribution in [1.29, 1.82) is 0 Å². The molecular formula is C28H30FN3O3S. The molecule has 3 aromatic rings. The summed E-state index contributed by atoms with van der Waals surface area (Å²) in [5, 5.41) is 2.07. The van der Waals surface area contributed by atoms with Gasteiger partial charge in [0.25, 0.3) is 5.91 Å². The molecule has 1 aromatic heterocycles. The van der Waals surface area contributed by atoms with Gasteiger partial charge in [-0.2, -0.15) is 0 Å². The van der Waals surface area contributed by atoms with Gasteiger partial charge >= 0.3 is 0 Å². The molecule has 2 aromatic carbocycles. The summed E-state index contributed by atoms with van der Waals surface area (Å²) in [7, 11) is 0. The van der Waals surface area contributed by atoms with Crippen LogP contribution >= 0.6 is 11.3 Å². The van der Waals surface area contributed by atoms with Gasteiger partial charge in [-0.15, -0.1) is 11.3 Å². The van der Waals surface area contributed by atoms with Crippen LogP contribution < -0.4 is 4.74 Å². The number of ether oxygens (including phenoxy) is 1. The zero-order valence-corrected chi connectivity index (χ0v) is 21.1. The topological polar surface area (TPSA) is 53.1 Å². The third-order valence-corrected chi connectivity index (χ3v) is 7.97. The fraction of sp³-hybridized carbons (Fsp3) is 0.357. The first kappa shape index (κ1) is 24.5. The third-order valence-electron chi connectivity index (χ3n) is 6.97. The van der Waals surface area contributed by atoms with E-state index in [1.54, 1.807) is 28.4 Å². The van der Waals surface area contributed by atoms with E-state index in [1.165, 1.54) is 10.9 Å². The number of piperazine rings is 1. The largest absolute Gasteiger partial charge is 0.484 e. The first-order valence-corrected chi connectivity index (χ1v) is 13.2. The van der Waals surface area contributed by atoms with E-state index in [0.717, 1.165) is 24.1 Å². The van der Waals surface area contributed by atoms with Crippen molar-refractivity contribution >= 4 is 23.2 Å². The molecular weight excluding hydrogens is 477 g/mol. The van der Waals surface area contributed by atoms with Gasteiger partial charge in [0.15, 0.2) is 6.61 Å². The van der Waals surface area contributed by atoms with Crippen molar-refractivity contribution in [3.05, 3.63) is 87.9 Å². The third kappa shape index (κ3) is 5.29. The maximum absolute atomic E-state index is 14.1. The Balaban J connectivity index is 1.21. The average molecular weight is 508 g/mol. The van der Waals surface area contributed by atoms with Crippen LogP contribution in [0.2, 0.25) is 0 Å². The number of halogens is 1. The van der Waals surface area contributed by atoms with Crippen LogP contribution in [0.4, 0.5) is 4.39 Å². The molecule has 0 bridgehead atoms. The van der Waals surface area contributed by atoms with Gasteiger partial charge in [0, 0.05) is 37.1 Å². The van der Waals surface area contributed by atoms with Crippen molar-refractivity contribution in [2.45, 2.75) is 25.4 Å². The van der Waals surface area contributed by atoms with Crippen LogP contribution in [0, 0.1) is 5.82 Å². The number of para-hydroxylation sites is 1. The number of benzene rings is 2. The molecule has 36 heavy (non-hydrogen) atoms. The average Bonchev–Trinajstić information content (AvgIpc) is 3.36. The Labute approximate surface area is 214 Å². The number of hydrogen-bond donors (Lipinski definition) is 0. The summed E-state index contributed by atoms with van der Waals surface area (Å²) in [5.41, 5.74) is 2.02. The van der Waals surface area contributed by atoms with Crippen LogP contribution in [0.25, 0.3) is 0 Å². The summed E-state index contributed by atoms with van der Waals surface area (Å²) in [6.45, 7) is 4.40. The number of carbonyl (C=O) groups is 2. The van der Waals surface area contributed by atoms with Crippen molar-refractivity contribution in [2.24, 2.45) is 0 Å². The van der Waals surface area contributed by atoms with Gasteiger partial charge in [-0.3, -0.25) is 14.5 Å². The van der Waals surface area contributed by atoms with Crippen LogP contribution in [-0.4, -0.2) is 71.9 Å². The summed E-state index contributed by atoms with van der Waals surface area (Å²) < 4.78 is 19.7. The number of hydrogen-bond acceptors (Lipinski definition) is 5. The van der Waals surface area contributed by atoms with Gasteiger partial charge in [0.1, 0.15) is 11.6 Å². The van der Waals surface area contributed by atoms with Crippen LogP contribution in [0.3, 0.4) is 0 Å². The maximum atomic E-state index is 14.1. The minimum Gasteiger partial charge on any atom is -0.484 e. The maximum Gasteiger partial charge on any atom is 0.260 e. The van der Waals surface area contributed by atoms with Gasteiger partial charge in [0.2, 0.25) is 5.91 Å². The molecule has 1 saturated heterocycles. The molecule has 0 spiro atoms. The van der Waals surface area contributed by atoms with Crippen molar-refractivity contribution in [1.82, 2.24) is 14.7 Å². The van der Waals surface area contributed by atoms with Crippen LogP contribution in [0.15, 0.2) is 66.0 Å². The van der Waals surface area contributed by atoms with Crippen molar-refractivity contribution in [2.75, 3.05) is 39.3 Å². The van der Waals surface area contributed by atoms with Crippen molar-refractivity contribution in [3.63, 3.8) is 0 Å². The molecule has 2 aliphatic heterocycles. The smallest absolute Gasteiger partial charge is 0.260 e. The lowest BCUT2D eigenvalue weighted by atomic mass is 9.93. The summed E-state index contributed by atoms with van der Waals surface area (Å²) in [6.07, 6.45) is 0.881. The predicted octanol–water partition coefficient (Wildman–Crippen LogP) is 3.97. The second kappa shape index (κ2) is 10.8. The Hall–Kier alpha value is -3.23. The standard InChI is InChI=1S/C28H30FN3O3S/c1-20-17-30(13-14-32(20)27(34)19-35-23-8-3-2-4-9-23)26(33)18-31-12-10-25-24(11-15-36-25)28(31)21-6-5-7-22(29)16-21/h2-9,11,15-16,20,28H,10,12-14,17-19H2,1H3. The molecule has 8 heteroatoms. The zero-order valence-electron chi connectivity index (χ0n) is 20.3. The highest BCUT2D eigenvalue weighted by molar-refractivity contribution is 7.10. The minimum atomic E-state index is -0.271. The van der Waals surface area contributed by atoms with Gasteiger partial charge < -0.3 is 14.5 Å². The molecule has 0 saturated carbocycles. The molecule has 0 aliphatic carbocycles. The Morgan fingerprint density at radius 2 is 1.86 bits per heavy atom. The molecule has 188 valence electrons. The molecule has 1 fully saturated rings. The quantitative estimate of drug-likeness (QED) is 0.507. The van der Waals surface area contributed by atoms with Gasteiger partial charge in [-0.05, 0) is 60.2 Å².